The molecule has 4 nitrogen and oxygen atoms in total. The van der Waals surface area contributed by atoms with Crippen molar-refractivity contribution < 1.29 is 9.53 Å². The summed E-state index contributed by atoms with van der Waals surface area (Å²) in [4.78, 5) is 17.9. The summed E-state index contributed by atoms with van der Waals surface area (Å²) in [5.74, 6) is 0.575. The highest BCUT2D eigenvalue weighted by molar-refractivity contribution is 5.83. The first-order chi connectivity index (χ1) is 9.11. The number of carbonyl (C=O) groups excluding carboxylic acids is 1. The van der Waals surface area contributed by atoms with E-state index in [1.807, 2.05) is 43.1 Å². The largest absolute Gasteiger partial charge is 0.465 e. The van der Waals surface area contributed by atoms with Crippen LogP contribution in [-0.2, 0) is 9.53 Å². The van der Waals surface area contributed by atoms with E-state index < -0.39 is 0 Å². The van der Waals surface area contributed by atoms with Crippen LogP contribution in [0, 0.1) is 6.92 Å². The number of carbonyl (C=O) groups is 1. The SMILES string of the molecule is CCOC(=O)CN(C)c1nc2ccccc2cc1C. The first kappa shape index (κ1) is 13.3. The third kappa shape index (κ3) is 3.02. The van der Waals surface area contributed by atoms with Crippen molar-refractivity contribution >= 4 is 22.7 Å². The number of anilines is 1. The van der Waals surface area contributed by atoms with Crippen LogP contribution < -0.4 is 4.90 Å². The maximum Gasteiger partial charge on any atom is 0.325 e. The predicted octanol–water partition coefficient (Wildman–Crippen LogP) is 2.54. The van der Waals surface area contributed by atoms with Gasteiger partial charge in [0.2, 0.25) is 0 Å². The van der Waals surface area contributed by atoms with Crippen molar-refractivity contribution in [3.05, 3.63) is 35.9 Å². The standard InChI is InChI=1S/C15H18N2O2/c1-4-19-14(18)10-17(3)15-11(2)9-12-7-5-6-8-13(12)16-15/h5-9H,4,10H2,1-3H3. The monoisotopic (exact) mass is 258 g/mol. The Morgan fingerprint density at radius 2 is 2.11 bits per heavy atom. The van der Waals surface area contributed by atoms with Crippen molar-refractivity contribution in [2.45, 2.75) is 13.8 Å². The van der Waals surface area contributed by atoms with Gasteiger partial charge in [0, 0.05) is 12.4 Å². The van der Waals surface area contributed by atoms with Gasteiger partial charge in [0.25, 0.3) is 0 Å². The molecule has 0 bridgehead atoms. The zero-order valence-electron chi connectivity index (χ0n) is 11.5. The molecule has 0 amide bonds. The quantitative estimate of drug-likeness (QED) is 0.790. The number of esters is 1. The molecule has 0 aliphatic carbocycles. The normalized spacial score (nSPS) is 10.5. The molecule has 0 saturated carbocycles. The molecule has 100 valence electrons. The summed E-state index contributed by atoms with van der Waals surface area (Å²) in [6.45, 7) is 4.41. The van der Waals surface area contributed by atoms with Crippen LogP contribution in [0.2, 0.25) is 0 Å². The van der Waals surface area contributed by atoms with Crippen LogP contribution in [-0.4, -0.2) is 31.2 Å². The summed E-state index contributed by atoms with van der Waals surface area (Å²) in [6.07, 6.45) is 0. The minimum absolute atomic E-state index is 0.208. The molecule has 0 spiro atoms. The van der Waals surface area contributed by atoms with Crippen LogP contribution in [0.15, 0.2) is 30.3 Å². The van der Waals surface area contributed by atoms with Gasteiger partial charge in [-0.1, -0.05) is 18.2 Å². The van der Waals surface area contributed by atoms with Crippen molar-refractivity contribution in [3.8, 4) is 0 Å². The summed E-state index contributed by atoms with van der Waals surface area (Å²) in [6, 6.07) is 10.0. The number of ether oxygens (including phenoxy) is 1. The lowest BCUT2D eigenvalue weighted by Gasteiger charge is -2.19. The third-order valence-electron chi connectivity index (χ3n) is 2.92. The minimum atomic E-state index is -0.237. The Morgan fingerprint density at radius 1 is 1.37 bits per heavy atom. The maximum absolute atomic E-state index is 11.5. The Balaban J connectivity index is 2.28. The smallest absolute Gasteiger partial charge is 0.325 e. The van der Waals surface area contributed by atoms with E-state index in [2.05, 4.69) is 11.1 Å². The number of hydrogen-bond acceptors (Lipinski definition) is 4. The Bertz CT molecular complexity index is 596. The number of para-hydroxylation sites is 1. The van der Waals surface area contributed by atoms with E-state index in [1.54, 1.807) is 6.92 Å². The van der Waals surface area contributed by atoms with Crippen molar-refractivity contribution in [2.24, 2.45) is 0 Å². The van der Waals surface area contributed by atoms with Crippen LogP contribution >= 0.6 is 0 Å². The zero-order valence-corrected chi connectivity index (χ0v) is 11.5. The average Bonchev–Trinajstić information content (AvgIpc) is 2.38. The molecule has 4 heteroatoms. The highest BCUT2D eigenvalue weighted by Gasteiger charge is 2.12. The van der Waals surface area contributed by atoms with E-state index in [9.17, 15) is 4.79 Å². The van der Waals surface area contributed by atoms with Gasteiger partial charge in [0.1, 0.15) is 12.4 Å². The third-order valence-corrected chi connectivity index (χ3v) is 2.92. The number of fused-ring (bicyclic) bond motifs is 1. The number of hydrogen-bond donors (Lipinski definition) is 0. The zero-order chi connectivity index (χ0) is 13.8. The number of nitrogens with zero attached hydrogens (tertiary/aromatic N) is 2. The number of pyridine rings is 1. The van der Waals surface area contributed by atoms with Gasteiger partial charge in [-0.3, -0.25) is 4.79 Å². The number of likely N-dealkylation sites (N-methyl/N-ethyl adjacent to an activating group) is 1. The molecule has 2 aromatic rings. The van der Waals surface area contributed by atoms with Gasteiger partial charge >= 0.3 is 5.97 Å². The second-order valence-electron chi connectivity index (χ2n) is 4.48. The Hall–Kier alpha value is -2.10. The van der Waals surface area contributed by atoms with E-state index in [0.717, 1.165) is 22.3 Å². The molecule has 0 saturated heterocycles. The van der Waals surface area contributed by atoms with Gasteiger partial charge in [-0.2, -0.15) is 0 Å². The summed E-state index contributed by atoms with van der Waals surface area (Å²) in [7, 11) is 1.85. The van der Waals surface area contributed by atoms with Crippen molar-refractivity contribution in [3.63, 3.8) is 0 Å². The first-order valence-corrected chi connectivity index (χ1v) is 6.35. The molecule has 1 aromatic carbocycles. The van der Waals surface area contributed by atoms with Crippen LogP contribution in [0.4, 0.5) is 5.82 Å². The van der Waals surface area contributed by atoms with Gasteiger partial charge in [-0.15, -0.1) is 0 Å². The van der Waals surface area contributed by atoms with Gasteiger partial charge in [0.05, 0.1) is 12.1 Å². The molecule has 0 N–H and O–H groups in total. The number of aromatic nitrogens is 1. The van der Waals surface area contributed by atoms with Crippen LogP contribution in [0.25, 0.3) is 10.9 Å². The highest BCUT2D eigenvalue weighted by atomic mass is 16.5. The molecule has 1 heterocycles. The molecule has 2 rings (SSSR count). The van der Waals surface area contributed by atoms with Crippen molar-refractivity contribution in [2.75, 3.05) is 25.1 Å². The molecule has 19 heavy (non-hydrogen) atoms. The summed E-state index contributed by atoms with van der Waals surface area (Å²) in [5.41, 5.74) is 1.98. The predicted molar refractivity (Wildman–Crippen MR) is 76.4 cm³/mol. The number of benzene rings is 1. The van der Waals surface area contributed by atoms with E-state index in [1.165, 1.54) is 0 Å². The maximum atomic E-state index is 11.5. The van der Waals surface area contributed by atoms with Crippen molar-refractivity contribution in [1.82, 2.24) is 4.98 Å². The summed E-state index contributed by atoms with van der Waals surface area (Å²) >= 11 is 0. The van der Waals surface area contributed by atoms with E-state index in [0.29, 0.717) is 6.61 Å². The van der Waals surface area contributed by atoms with Crippen LogP contribution in [0.3, 0.4) is 0 Å². The molecule has 0 unspecified atom stereocenters. The summed E-state index contributed by atoms with van der Waals surface area (Å²) in [5, 5.41) is 1.10. The fraction of sp³-hybridized carbons (Fsp3) is 0.333. The van der Waals surface area contributed by atoms with Crippen LogP contribution in [0.1, 0.15) is 12.5 Å². The average molecular weight is 258 g/mol. The number of rotatable bonds is 4. The Morgan fingerprint density at radius 3 is 2.84 bits per heavy atom. The fourth-order valence-corrected chi connectivity index (χ4v) is 2.07. The molecular formula is C15H18N2O2. The number of aryl methyl sites for hydroxylation is 1. The molecule has 0 radical (unpaired) electrons. The Labute approximate surface area is 113 Å². The van der Waals surface area contributed by atoms with Gasteiger partial charge in [-0.25, -0.2) is 4.98 Å². The lowest BCUT2D eigenvalue weighted by molar-refractivity contribution is -0.141. The van der Waals surface area contributed by atoms with Crippen LogP contribution in [0.5, 0.6) is 0 Å². The fourth-order valence-electron chi connectivity index (χ4n) is 2.07. The lowest BCUT2D eigenvalue weighted by Crippen LogP contribution is -2.28. The molecular weight excluding hydrogens is 240 g/mol. The minimum Gasteiger partial charge on any atom is -0.465 e. The first-order valence-electron chi connectivity index (χ1n) is 6.35. The molecule has 0 atom stereocenters. The van der Waals surface area contributed by atoms with E-state index in [-0.39, 0.29) is 12.5 Å². The van der Waals surface area contributed by atoms with Gasteiger partial charge < -0.3 is 9.64 Å². The van der Waals surface area contributed by atoms with E-state index >= 15 is 0 Å². The van der Waals surface area contributed by atoms with Gasteiger partial charge in [-0.05, 0) is 31.5 Å². The topological polar surface area (TPSA) is 42.4 Å². The molecule has 0 aliphatic heterocycles. The lowest BCUT2D eigenvalue weighted by atomic mass is 10.1. The van der Waals surface area contributed by atoms with E-state index in [4.69, 9.17) is 4.74 Å². The molecule has 0 fully saturated rings. The molecule has 1 aromatic heterocycles. The van der Waals surface area contributed by atoms with Crippen molar-refractivity contribution in [1.29, 1.82) is 0 Å². The molecule has 0 aliphatic rings. The highest BCUT2D eigenvalue weighted by Crippen LogP contribution is 2.21. The Kier molecular flexibility index (Phi) is 4.00. The van der Waals surface area contributed by atoms with Gasteiger partial charge in [0.15, 0.2) is 0 Å². The second kappa shape index (κ2) is 5.69. The second-order valence-corrected chi connectivity index (χ2v) is 4.48. The summed E-state index contributed by atoms with van der Waals surface area (Å²) < 4.78 is 4.95.